The largest absolute Gasteiger partial charge is 0.390 e. The Morgan fingerprint density at radius 2 is 1.93 bits per heavy atom. The molecule has 0 aliphatic heterocycles. The highest BCUT2D eigenvalue weighted by Crippen LogP contribution is 2.32. The van der Waals surface area contributed by atoms with E-state index in [-0.39, 0.29) is 0 Å². The number of hydrogen-bond donors (Lipinski definition) is 4. The van der Waals surface area contributed by atoms with Crippen molar-refractivity contribution in [3.63, 3.8) is 0 Å². The maximum absolute atomic E-state index is 10.4. The predicted molar refractivity (Wildman–Crippen MR) is 104 cm³/mol. The van der Waals surface area contributed by atoms with Gasteiger partial charge < -0.3 is 20.6 Å². The summed E-state index contributed by atoms with van der Waals surface area (Å²) in [5, 5.41) is 42.7. The van der Waals surface area contributed by atoms with Gasteiger partial charge in [-0.3, -0.25) is 0 Å². The average Bonchev–Trinajstić information content (AvgIpc) is 3.09. The van der Waals surface area contributed by atoms with Crippen molar-refractivity contribution in [3.8, 4) is 0 Å². The summed E-state index contributed by atoms with van der Waals surface area (Å²) in [6, 6.07) is -0.490. The molecular weight excluding hydrogens is 368 g/mol. The summed E-state index contributed by atoms with van der Waals surface area (Å²) in [6.45, 7) is 5.01. The Morgan fingerprint density at radius 1 is 1.11 bits per heavy atom. The monoisotopic (exact) mass is 396 g/mol. The highest BCUT2D eigenvalue weighted by atomic mass is 32.2. The molecular formula is C17H28N6O3S. The minimum Gasteiger partial charge on any atom is -0.390 e. The molecule has 1 aliphatic carbocycles. The van der Waals surface area contributed by atoms with E-state index < -0.39 is 24.4 Å². The van der Waals surface area contributed by atoms with E-state index in [1.807, 2.05) is 0 Å². The number of aliphatic hydroxyl groups excluding tert-OH is 3. The number of rotatable bonds is 8. The summed E-state index contributed by atoms with van der Waals surface area (Å²) in [5.41, 5.74) is 1.09. The van der Waals surface area contributed by atoms with E-state index in [4.69, 9.17) is 0 Å². The minimum atomic E-state index is -1.21. The van der Waals surface area contributed by atoms with E-state index >= 15 is 0 Å². The summed E-state index contributed by atoms with van der Waals surface area (Å²) in [7, 11) is 0. The first kappa shape index (κ1) is 20.2. The first-order chi connectivity index (χ1) is 13.1. The highest BCUT2D eigenvalue weighted by Gasteiger charge is 2.39. The van der Waals surface area contributed by atoms with Gasteiger partial charge in [-0.15, -0.1) is 5.10 Å². The lowest BCUT2D eigenvalue weighted by Crippen LogP contribution is -2.47. The summed E-state index contributed by atoms with van der Waals surface area (Å²) >= 11 is 1.57. The molecule has 2 heterocycles. The van der Waals surface area contributed by atoms with Gasteiger partial charge in [-0.1, -0.05) is 37.2 Å². The van der Waals surface area contributed by atoms with Crippen molar-refractivity contribution in [2.24, 2.45) is 0 Å². The number of nitrogens with zero attached hydrogens (tertiary/aromatic N) is 5. The molecule has 0 radical (unpaired) electrons. The van der Waals surface area contributed by atoms with Crippen LogP contribution in [0.15, 0.2) is 5.16 Å². The smallest absolute Gasteiger partial charge is 0.191 e. The number of anilines is 1. The molecule has 2 aromatic heterocycles. The first-order valence-corrected chi connectivity index (χ1v) is 10.6. The number of aromatic nitrogens is 5. The van der Waals surface area contributed by atoms with Crippen molar-refractivity contribution in [3.05, 3.63) is 0 Å². The van der Waals surface area contributed by atoms with Crippen molar-refractivity contribution < 1.29 is 15.3 Å². The normalized spacial score (nSPS) is 25.8. The lowest BCUT2D eigenvalue weighted by Gasteiger charge is -2.34. The number of aliphatic hydroxyl groups is 3. The Labute approximate surface area is 162 Å². The number of hydrogen-bond acceptors (Lipinski definition) is 9. The zero-order valence-electron chi connectivity index (χ0n) is 15.7. The van der Waals surface area contributed by atoms with E-state index in [1.54, 1.807) is 16.4 Å². The fourth-order valence-corrected chi connectivity index (χ4v) is 3.90. The van der Waals surface area contributed by atoms with Gasteiger partial charge in [0.05, 0.1) is 12.1 Å². The van der Waals surface area contributed by atoms with Gasteiger partial charge in [-0.2, -0.15) is 0 Å². The Morgan fingerprint density at radius 3 is 2.67 bits per heavy atom. The quantitative estimate of drug-likeness (QED) is 0.297. The van der Waals surface area contributed by atoms with Crippen molar-refractivity contribution in [1.29, 1.82) is 0 Å². The van der Waals surface area contributed by atoms with Gasteiger partial charge in [0.25, 0.3) is 0 Å². The second-order valence-electron chi connectivity index (χ2n) is 6.88. The van der Waals surface area contributed by atoms with Crippen LogP contribution in [0.25, 0.3) is 11.2 Å². The third-order valence-electron chi connectivity index (χ3n) is 4.77. The third kappa shape index (κ3) is 4.34. The molecule has 0 aromatic carbocycles. The molecule has 1 aliphatic rings. The van der Waals surface area contributed by atoms with Crippen LogP contribution in [-0.4, -0.2) is 70.9 Å². The number of thioether (sulfide) groups is 1. The predicted octanol–water partition coefficient (Wildman–Crippen LogP) is 1.35. The fraction of sp³-hybridized carbons (Fsp3) is 0.765. The minimum absolute atomic E-state index is 0.383. The van der Waals surface area contributed by atoms with Crippen molar-refractivity contribution in [1.82, 2.24) is 25.0 Å². The van der Waals surface area contributed by atoms with Crippen LogP contribution in [-0.2, 0) is 0 Å². The van der Waals surface area contributed by atoms with E-state index in [1.165, 1.54) is 0 Å². The molecule has 1 saturated carbocycles. The summed E-state index contributed by atoms with van der Waals surface area (Å²) in [6.07, 6.45) is 0.697. The summed E-state index contributed by atoms with van der Waals surface area (Å²) in [5.74, 6) is 1.54. The van der Waals surface area contributed by atoms with Crippen LogP contribution in [0, 0.1) is 0 Å². The molecule has 0 saturated heterocycles. The molecule has 0 spiro atoms. The molecule has 150 valence electrons. The van der Waals surface area contributed by atoms with E-state index in [0.717, 1.165) is 31.6 Å². The molecule has 4 N–H and O–H groups in total. The Balaban J connectivity index is 1.97. The van der Waals surface area contributed by atoms with Gasteiger partial charge in [-0.05, 0) is 25.7 Å². The van der Waals surface area contributed by atoms with Gasteiger partial charge in [0.2, 0.25) is 0 Å². The maximum atomic E-state index is 10.4. The van der Waals surface area contributed by atoms with Gasteiger partial charge in [0.1, 0.15) is 12.2 Å². The van der Waals surface area contributed by atoms with Crippen molar-refractivity contribution >= 4 is 28.7 Å². The van der Waals surface area contributed by atoms with Gasteiger partial charge >= 0.3 is 0 Å². The van der Waals surface area contributed by atoms with Gasteiger partial charge in [0, 0.05) is 12.3 Å². The topological polar surface area (TPSA) is 129 Å². The molecule has 2 aromatic rings. The van der Waals surface area contributed by atoms with E-state index in [0.29, 0.717) is 35.0 Å². The number of nitrogens with one attached hydrogen (secondary N) is 1. The Hall–Kier alpha value is -1.49. The third-order valence-corrected chi connectivity index (χ3v) is 5.83. The molecule has 0 bridgehead atoms. The standard InChI is InChI=1S/C17H28N6O3S/c1-3-5-8-18-15-12-16(20-17(19-15)27-9-4-2)23(22-21-12)10-6-7-11(24)14(26)13(10)25/h10-11,13-14,24-26H,3-9H2,1-2H3,(H,18,19,20)/t10-,11+,13+,14-/m1/s1. The maximum Gasteiger partial charge on any atom is 0.191 e. The van der Waals surface area contributed by atoms with E-state index in [9.17, 15) is 15.3 Å². The molecule has 4 atom stereocenters. The van der Waals surface area contributed by atoms with Gasteiger partial charge in [0.15, 0.2) is 22.1 Å². The van der Waals surface area contributed by atoms with Crippen LogP contribution in [0.1, 0.15) is 52.0 Å². The zero-order valence-corrected chi connectivity index (χ0v) is 16.6. The lowest BCUT2D eigenvalue weighted by molar-refractivity contribution is -0.107. The van der Waals surface area contributed by atoms with Gasteiger partial charge in [-0.25, -0.2) is 14.6 Å². The SMILES string of the molecule is CCCCNc1nc(SCCC)nc2c1nnn2[C@@H]1CC[C@H](O)[C@@H](O)[C@H]1O. The van der Waals surface area contributed by atoms with Crippen molar-refractivity contribution in [2.75, 3.05) is 17.6 Å². The van der Waals surface area contributed by atoms with Crippen LogP contribution in [0.4, 0.5) is 5.82 Å². The molecule has 0 unspecified atom stereocenters. The Bertz CT molecular complexity index is 758. The molecule has 27 heavy (non-hydrogen) atoms. The molecule has 0 amide bonds. The van der Waals surface area contributed by atoms with Crippen LogP contribution < -0.4 is 5.32 Å². The van der Waals surface area contributed by atoms with Crippen LogP contribution >= 0.6 is 11.8 Å². The van der Waals surface area contributed by atoms with Crippen LogP contribution in [0.5, 0.6) is 0 Å². The number of fused-ring (bicyclic) bond motifs is 1. The number of unbranched alkanes of at least 4 members (excludes halogenated alkanes) is 1. The van der Waals surface area contributed by atoms with Crippen LogP contribution in [0.3, 0.4) is 0 Å². The Kier molecular flexibility index (Phi) is 6.85. The fourth-order valence-electron chi connectivity index (χ4n) is 3.20. The lowest BCUT2D eigenvalue weighted by atomic mass is 9.88. The molecule has 3 rings (SSSR count). The average molecular weight is 397 g/mol. The van der Waals surface area contributed by atoms with Crippen LogP contribution in [0.2, 0.25) is 0 Å². The van der Waals surface area contributed by atoms with Crippen molar-refractivity contribution in [2.45, 2.75) is 75.5 Å². The molecule has 1 fully saturated rings. The summed E-state index contributed by atoms with van der Waals surface area (Å²) < 4.78 is 1.57. The molecule has 10 heteroatoms. The highest BCUT2D eigenvalue weighted by molar-refractivity contribution is 7.99. The summed E-state index contributed by atoms with van der Waals surface area (Å²) in [4.78, 5) is 9.20. The van der Waals surface area contributed by atoms with E-state index in [2.05, 4.69) is 39.4 Å². The second kappa shape index (κ2) is 9.13. The second-order valence-corrected chi connectivity index (χ2v) is 7.95. The molecule has 9 nitrogen and oxygen atoms in total. The first-order valence-electron chi connectivity index (χ1n) is 9.60. The zero-order chi connectivity index (χ0) is 19.4.